The Balaban J connectivity index is 3.18. The van der Waals surface area contributed by atoms with Gasteiger partial charge >= 0.3 is 5.97 Å². The quantitative estimate of drug-likeness (QED) is 0.642. The van der Waals surface area contributed by atoms with Crippen LogP contribution < -0.4 is 4.43 Å². The van der Waals surface area contributed by atoms with E-state index in [2.05, 4.69) is 40.4 Å². The van der Waals surface area contributed by atoms with Gasteiger partial charge in [0.1, 0.15) is 5.75 Å². The average Bonchev–Trinajstić information content (AvgIpc) is 2.29. The summed E-state index contributed by atoms with van der Waals surface area (Å²) in [5.74, 6) is -0.143. The number of carboxylic acid groups (broad SMARTS) is 1. The lowest BCUT2D eigenvalue weighted by Crippen LogP contribution is -2.44. The maximum Gasteiger partial charge on any atom is 0.335 e. The predicted octanol–water partition coefficient (Wildman–Crippen LogP) is 4.50. The zero-order valence-corrected chi connectivity index (χ0v) is 14.0. The predicted molar refractivity (Wildman–Crippen MR) is 85.1 cm³/mol. The molecule has 1 aromatic rings. The normalized spacial score (nSPS) is 12.1. The number of rotatable bonds is 5. The highest BCUT2D eigenvalue weighted by Gasteiger charge is 2.39. The average molecular weight is 292 g/mol. The van der Waals surface area contributed by atoms with Gasteiger partial charge in [-0.1, -0.05) is 26.8 Å². The molecule has 0 fully saturated rings. The van der Waals surface area contributed by atoms with Crippen LogP contribution in [0.1, 0.15) is 36.7 Å². The fourth-order valence-corrected chi connectivity index (χ4v) is 2.61. The van der Waals surface area contributed by atoms with E-state index >= 15 is 0 Å². The maximum atomic E-state index is 11.1. The molecular formula is C16H24O3Si. The molecule has 110 valence electrons. The van der Waals surface area contributed by atoms with Crippen molar-refractivity contribution in [3.8, 4) is 5.75 Å². The minimum absolute atomic E-state index is 0.101. The molecule has 1 N–H and O–H groups in total. The van der Waals surface area contributed by atoms with Crippen LogP contribution in [0.15, 0.2) is 30.9 Å². The summed E-state index contributed by atoms with van der Waals surface area (Å²) in [7, 11) is -1.93. The van der Waals surface area contributed by atoms with Crippen LogP contribution in [0.4, 0.5) is 0 Å². The minimum Gasteiger partial charge on any atom is -0.543 e. The fraction of sp³-hybridized carbons (Fsp3) is 0.438. The third-order valence-electron chi connectivity index (χ3n) is 3.84. The number of benzene rings is 1. The van der Waals surface area contributed by atoms with Crippen LogP contribution in [0.5, 0.6) is 5.75 Å². The summed E-state index contributed by atoms with van der Waals surface area (Å²) < 4.78 is 6.28. The zero-order chi connectivity index (χ0) is 15.6. The van der Waals surface area contributed by atoms with Crippen molar-refractivity contribution in [2.45, 2.75) is 45.3 Å². The largest absolute Gasteiger partial charge is 0.543 e. The van der Waals surface area contributed by atoms with Crippen molar-refractivity contribution < 1.29 is 14.3 Å². The molecule has 0 radical (unpaired) electrons. The molecule has 20 heavy (non-hydrogen) atoms. The van der Waals surface area contributed by atoms with Crippen molar-refractivity contribution in [1.29, 1.82) is 0 Å². The van der Waals surface area contributed by atoms with Crippen LogP contribution in [-0.4, -0.2) is 19.4 Å². The molecule has 4 heteroatoms. The van der Waals surface area contributed by atoms with Crippen LogP contribution in [-0.2, 0) is 6.42 Å². The van der Waals surface area contributed by atoms with Gasteiger partial charge in [0.2, 0.25) is 8.32 Å². The van der Waals surface area contributed by atoms with Gasteiger partial charge in [-0.3, -0.25) is 0 Å². The summed E-state index contributed by atoms with van der Waals surface area (Å²) in [6.45, 7) is 14.6. The molecule has 0 aliphatic heterocycles. The second-order valence-electron chi connectivity index (χ2n) is 6.48. The smallest absolute Gasteiger partial charge is 0.335 e. The third kappa shape index (κ3) is 3.73. The molecule has 0 bridgehead atoms. The molecule has 1 rings (SSSR count). The summed E-state index contributed by atoms with van der Waals surface area (Å²) in [4.78, 5) is 11.1. The minimum atomic E-state index is -1.93. The van der Waals surface area contributed by atoms with Gasteiger partial charge in [0.05, 0.1) is 5.56 Å². The molecule has 0 heterocycles. The van der Waals surface area contributed by atoms with E-state index in [1.165, 1.54) is 0 Å². The Labute approximate surface area is 122 Å². The molecule has 3 nitrogen and oxygen atoms in total. The van der Waals surface area contributed by atoms with E-state index in [1.807, 2.05) is 0 Å². The molecule has 0 aliphatic carbocycles. The molecule has 0 unspecified atom stereocenters. The summed E-state index contributed by atoms with van der Waals surface area (Å²) in [6.07, 6.45) is 2.37. The Hall–Kier alpha value is -1.55. The highest BCUT2D eigenvalue weighted by atomic mass is 28.4. The Kier molecular flexibility index (Phi) is 4.81. The number of hydrogen-bond acceptors (Lipinski definition) is 2. The summed E-state index contributed by atoms with van der Waals surface area (Å²) in [6, 6.07) is 5.03. The summed E-state index contributed by atoms with van der Waals surface area (Å²) in [5.41, 5.74) is 1.16. The Morgan fingerprint density at radius 2 is 2.00 bits per heavy atom. The zero-order valence-electron chi connectivity index (χ0n) is 13.0. The first-order chi connectivity index (χ1) is 9.08. The first kappa shape index (κ1) is 16.5. The van der Waals surface area contributed by atoms with Crippen molar-refractivity contribution in [2.75, 3.05) is 0 Å². The molecule has 0 aliphatic rings. The molecule has 0 saturated carbocycles. The van der Waals surface area contributed by atoms with E-state index in [4.69, 9.17) is 9.53 Å². The standard InChI is InChI=1S/C16H24O3Si/c1-7-8-12-11-13(15(17)18)9-10-14(12)19-20(5,6)16(2,3)4/h7,9-11H,1,8H2,2-6H3,(H,17,18). The van der Waals surface area contributed by atoms with Crippen LogP contribution in [0.2, 0.25) is 18.1 Å². The first-order valence-electron chi connectivity index (χ1n) is 6.74. The van der Waals surface area contributed by atoms with Gasteiger partial charge in [-0.2, -0.15) is 0 Å². The SMILES string of the molecule is C=CCc1cc(C(=O)O)ccc1O[Si](C)(C)C(C)(C)C. The molecule has 1 aromatic carbocycles. The number of carboxylic acids is 1. The van der Waals surface area contributed by atoms with Gasteiger partial charge in [-0.15, -0.1) is 6.58 Å². The van der Waals surface area contributed by atoms with Crippen LogP contribution in [0, 0.1) is 0 Å². The van der Waals surface area contributed by atoms with E-state index < -0.39 is 14.3 Å². The first-order valence-corrected chi connectivity index (χ1v) is 9.65. The van der Waals surface area contributed by atoms with Crippen LogP contribution in [0.3, 0.4) is 0 Å². The number of hydrogen-bond donors (Lipinski definition) is 1. The highest BCUT2D eigenvalue weighted by Crippen LogP contribution is 2.38. The highest BCUT2D eigenvalue weighted by molar-refractivity contribution is 6.74. The molecule has 0 spiro atoms. The Morgan fingerprint density at radius 1 is 1.40 bits per heavy atom. The summed E-state index contributed by atoms with van der Waals surface area (Å²) >= 11 is 0. The van der Waals surface area contributed by atoms with Crippen LogP contribution >= 0.6 is 0 Å². The van der Waals surface area contributed by atoms with E-state index in [1.54, 1.807) is 24.3 Å². The Morgan fingerprint density at radius 3 is 2.45 bits per heavy atom. The van der Waals surface area contributed by atoms with Crippen molar-refractivity contribution in [2.24, 2.45) is 0 Å². The molecular weight excluding hydrogens is 268 g/mol. The number of carbonyl (C=O) groups is 1. The van der Waals surface area contributed by atoms with Gasteiger partial charge in [-0.05, 0) is 48.3 Å². The number of aromatic carboxylic acids is 1. The second-order valence-corrected chi connectivity index (χ2v) is 11.2. The lowest BCUT2D eigenvalue weighted by atomic mass is 10.1. The van der Waals surface area contributed by atoms with Gasteiger partial charge in [-0.25, -0.2) is 4.79 Å². The van der Waals surface area contributed by atoms with Gasteiger partial charge in [0.15, 0.2) is 0 Å². The molecule has 0 amide bonds. The Bertz CT molecular complexity index is 513. The molecule has 0 atom stereocenters. The topological polar surface area (TPSA) is 46.5 Å². The van der Waals surface area contributed by atoms with Crippen molar-refractivity contribution >= 4 is 14.3 Å². The lowest BCUT2D eigenvalue weighted by Gasteiger charge is -2.37. The van der Waals surface area contributed by atoms with Gasteiger partial charge in [0.25, 0.3) is 0 Å². The van der Waals surface area contributed by atoms with Crippen LogP contribution in [0.25, 0.3) is 0 Å². The van der Waals surface area contributed by atoms with E-state index in [9.17, 15) is 4.79 Å². The van der Waals surface area contributed by atoms with E-state index in [0.29, 0.717) is 6.42 Å². The third-order valence-corrected chi connectivity index (χ3v) is 8.19. The van der Waals surface area contributed by atoms with E-state index in [0.717, 1.165) is 11.3 Å². The van der Waals surface area contributed by atoms with Gasteiger partial charge in [0, 0.05) is 0 Å². The van der Waals surface area contributed by atoms with Crippen molar-refractivity contribution in [3.63, 3.8) is 0 Å². The molecule has 0 saturated heterocycles. The fourth-order valence-electron chi connectivity index (χ4n) is 1.56. The van der Waals surface area contributed by atoms with Crippen molar-refractivity contribution in [3.05, 3.63) is 42.0 Å². The van der Waals surface area contributed by atoms with Gasteiger partial charge < -0.3 is 9.53 Å². The molecule has 0 aromatic heterocycles. The van der Waals surface area contributed by atoms with E-state index in [-0.39, 0.29) is 10.6 Å². The van der Waals surface area contributed by atoms with Crippen molar-refractivity contribution in [1.82, 2.24) is 0 Å². The number of allylic oxidation sites excluding steroid dienone is 1. The monoisotopic (exact) mass is 292 g/mol. The summed E-state index contributed by atoms with van der Waals surface area (Å²) in [5, 5.41) is 9.17. The second kappa shape index (κ2) is 5.83. The lowest BCUT2D eigenvalue weighted by molar-refractivity contribution is 0.0697. The maximum absolute atomic E-state index is 11.1.